The molecule has 0 saturated carbocycles. The number of nitrogens with two attached hydrogens (primary N) is 1. The molecule has 4 heteroatoms. The highest BCUT2D eigenvalue weighted by molar-refractivity contribution is 9.10. The number of hydrogen-bond donors (Lipinski definition) is 1. The molecule has 1 aromatic carbocycles. The van der Waals surface area contributed by atoms with Gasteiger partial charge in [0.15, 0.2) is 0 Å². The van der Waals surface area contributed by atoms with Crippen molar-refractivity contribution in [3.8, 4) is 5.75 Å². The van der Waals surface area contributed by atoms with Crippen LogP contribution in [0.1, 0.15) is 18.4 Å². The van der Waals surface area contributed by atoms with Crippen molar-refractivity contribution in [2.75, 3.05) is 13.7 Å². The first-order valence-corrected chi connectivity index (χ1v) is 5.71. The molecular weight excluding hydrogens is 261 g/mol. The van der Waals surface area contributed by atoms with Crippen LogP contribution in [0.2, 0.25) is 0 Å². The third kappa shape index (κ3) is 3.18. The van der Waals surface area contributed by atoms with E-state index in [4.69, 9.17) is 10.5 Å². The third-order valence-electron chi connectivity index (χ3n) is 2.25. The van der Waals surface area contributed by atoms with Crippen molar-refractivity contribution in [3.63, 3.8) is 0 Å². The van der Waals surface area contributed by atoms with Gasteiger partial charge >= 0.3 is 0 Å². The molecule has 0 spiro atoms. The molecular formula is C11H15BrFNO. The van der Waals surface area contributed by atoms with Gasteiger partial charge in [-0.05, 0) is 53.4 Å². The van der Waals surface area contributed by atoms with Gasteiger partial charge in [0, 0.05) is 0 Å². The highest BCUT2D eigenvalue weighted by Gasteiger charge is 2.10. The quantitative estimate of drug-likeness (QED) is 0.839. The Morgan fingerprint density at radius 3 is 2.73 bits per heavy atom. The Morgan fingerprint density at radius 1 is 1.40 bits per heavy atom. The largest absolute Gasteiger partial charge is 0.495 e. The minimum absolute atomic E-state index is 0.230. The van der Waals surface area contributed by atoms with E-state index in [2.05, 4.69) is 15.9 Å². The van der Waals surface area contributed by atoms with Crippen LogP contribution in [0.4, 0.5) is 4.39 Å². The maximum atomic E-state index is 13.7. The van der Waals surface area contributed by atoms with E-state index in [1.54, 1.807) is 12.1 Å². The number of methoxy groups -OCH3 is 1. The Bertz CT molecular complexity index is 331. The van der Waals surface area contributed by atoms with E-state index < -0.39 is 0 Å². The molecule has 0 heterocycles. The number of unbranched alkanes of at least 4 members (excludes halogenated alkanes) is 1. The molecule has 15 heavy (non-hydrogen) atoms. The van der Waals surface area contributed by atoms with Gasteiger partial charge in [-0.2, -0.15) is 0 Å². The zero-order chi connectivity index (χ0) is 11.3. The molecule has 0 saturated heterocycles. The lowest BCUT2D eigenvalue weighted by atomic mass is 10.1. The lowest BCUT2D eigenvalue weighted by Gasteiger charge is -2.08. The summed E-state index contributed by atoms with van der Waals surface area (Å²) < 4.78 is 19.1. The smallest absolute Gasteiger partial charge is 0.144 e. The standard InChI is InChI=1S/C11H15BrFNO/c1-15-9-6-5-8(4-2-3-7-14)11(13)10(9)12/h5-6H,2-4,7,14H2,1H3. The summed E-state index contributed by atoms with van der Waals surface area (Å²) in [6, 6.07) is 3.53. The number of hydrogen-bond acceptors (Lipinski definition) is 2. The summed E-state index contributed by atoms with van der Waals surface area (Å²) in [5.41, 5.74) is 6.09. The monoisotopic (exact) mass is 275 g/mol. The number of benzene rings is 1. The Hall–Kier alpha value is -0.610. The van der Waals surface area contributed by atoms with E-state index in [0.29, 0.717) is 28.8 Å². The van der Waals surface area contributed by atoms with Gasteiger partial charge in [0.1, 0.15) is 11.6 Å². The molecule has 0 aliphatic heterocycles. The summed E-state index contributed by atoms with van der Waals surface area (Å²) in [7, 11) is 1.52. The van der Waals surface area contributed by atoms with E-state index in [1.165, 1.54) is 7.11 Å². The van der Waals surface area contributed by atoms with Gasteiger partial charge < -0.3 is 10.5 Å². The second-order valence-corrected chi connectivity index (χ2v) is 4.09. The molecule has 0 aliphatic rings. The molecule has 0 bridgehead atoms. The van der Waals surface area contributed by atoms with Gasteiger partial charge in [-0.3, -0.25) is 0 Å². The third-order valence-corrected chi connectivity index (χ3v) is 2.99. The van der Waals surface area contributed by atoms with Crippen LogP contribution >= 0.6 is 15.9 Å². The lowest BCUT2D eigenvalue weighted by molar-refractivity contribution is 0.407. The van der Waals surface area contributed by atoms with Crippen LogP contribution in [0.15, 0.2) is 16.6 Å². The average molecular weight is 276 g/mol. The summed E-state index contributed by atoms with van der Waals surface area (Å²) in [6.45, 7) is 0.652. The van der Waals surface area contributed by atoms with E-state index in [-0.39, 0.29) is 5.82 Å². The van der Waals surface area contributed by atoms with Crippen molar-refractivity contribution in [3.05, 3.63) is 28.0 Å². The van der Waals surface area contributed by atoms with Crippen LogP contribution in [-0.4, -0.2) is 13.7 Å². The predicted octanol–water partition coefficient (Wildman–Crippen LogP) is 2.88. The van der Waals surface area contributed by atoms with E-state index >= 15 is 0 Å². The Kier molecular flexibility index (Phi) is 5.05. The molecule has 1 aromatic rings. The fourth-order valence-corrected chi connectivity index (χ4v) is 1.93. The van der Waals surface area contributed by atoms with Gasteiger partial charge in [-0.25, -0.2) is 4.39 Å². The number of halogens is 2. The van der Waals surface area contributed by atoms with Crippen LogP contribution in [0.3, 0.4) is 0 Å². The molecule has 0 aliphatic carbocycles. The molecule has 0 fully saturated rings. The first kappa shape index (κ1) is 12.5. The van der Waals surface area contributed by atoms with E-state index in [9.17, 15) is 4.39 Å². The fraction of sp³-hybridized carbons (Fsp3) is 0.455. The van der Waals surface area contributed by atoms with Gasteiger partial charge in [-0.15, -0.1) is 0 Å². The van der Waals surface area contributed by atoms with Crippen LogP contribution in [0.25, 0.3) is 0 Å². The molecule has 2 N–H and O–H groups in total. The van der Waals surface area contributed by atoms with Crippen LogP contribution in [0.5, 0.6) is 5.75 Å². The first-order chi connectivity index (χ1) is 7.20. The topological polar surface area (TPSA) is 35.2 Å². The SMILES string of the molecule is COc1ccc(CCCCN)c(F)c1Br. The van der Waals surface area contributed by atoms with Crippen molar-refractivity contribution in [2.24, 2.45) is 5.73 Å². The molecule has 84 valence electrons. The number of ether oxygens (including phenoxy) is 1. The van der Waals surface area contributed by atoms with Crippen LogP contribution in [0, 0.1) is 5.82 Å². The van der Waals surface area contributed by atoms with Crippen molar-refractivity contribution < 1.29 is 9.13 Å². The highest BCUT2D eigenvalue weighted by atomic mass is 79.9. The minimum Gasteiger partial charge on any atom is -0.495 e. The number of rotatable bonds is 5. The van der Waals surface area contributed by atoms with E-state index in [0.717, 1.165) is 12.8 Å². The summed E-state index contributed by atoms with van der Waals surface area (Å²) in [5.74, 6) is 0.293. The predicted molar refractivity (Wildman–Crippen MR) is 62.6 cm³/mol. The lowest BCUT2D eigenvalue weighted by Crippen LogP contribution is -2.00. The number of aryl methyl sites for hydroxylation is 1. The molecule has 1 rings (SSSR count). The summed E-state index contributed by atoms with van der Waals surface area (Å²) in [5, 5.41) is 0. The van der Waals surface area contributed by atoms with Crippen molar-refractivity contribution in [1.82, 2.24) is 0 Å². The van der Waals surface area contributed by atoms with Gasteiger partial charge in [0.05, 0.1) is 11.6 Å². The first-order valence-electron chi connectivity index (χ1n) is 4.91. The summed E-state index contributed by atoms with van der Waals surface area (Å²) in [6.07, 6.45) is 2.54. The Labute approximate surface area is 97.7 Å². The van der Waals surface area contributed by atoms with Crippen molar-refractivity contribution in [1.29, 1.82) is 0 Å². The van der Waals surface area contributed by atoms with Crippen LogP contribution in [-0.2, 0) is 6.42 Å². The molecule has 0 aromatic heterocycles. The van der Waals surface area contributed by atoms with Gasteiger partial charge in [-0.1, -0.05) is 6.07 Å². The Morgan fingerprint density at radius 2 is 2.13 bits per heavy atom. The van der Waals surface area contributed by atoms with Gasteiger partial charge in [0.2, 0.25) is 0 Å². The molecule has 0 unspecified atom stereocenters. The van der Waals surface area contributed by atoms with Crippen molar-refractivity contribution in [2.45, 2.75) is 19.3 Å². The maximum absolute atomic E-state index is 13.7. The maximum Gasteiger partial charge on any atom is 0.144 e. The zero-order valence-corrected chi connectivity index (χ0v) is 10.3. The van der Waals surface area contributed by atoms with Crippen molar-refractivity contribution >= 4 is 15.9 Å². The average Bonchev–Trinajstić information content (AvgIpc) is 2.25. The molecule has 0 atom stereocenters. The highest BCUT2D eigenvalue weighted by Crippen LogP contribution is 2.30. The zero-order valence-electron chi connectivity index (χ0n) is 8.72. The normalized spacial score (nSPS) is 10.4. The fourth-order valence-electron chi connectivity index (χ4n) is 1.38. The molecule has 0 amide bonds. The van der Waals surface area contributed by atoms with Gasteiger partial charge in [0.25, 0.3) is 0 Å². The van der Waals surface area contributed by atoms with Crippen LogP contribution < -0.4 is 10.5 Å². The molecule has 0 radical (unpaired) electrons. The van der Waals surface area contributed by atoms with E-state index in [1.807, 2.05) is 0 Å². The molecule has 2 nitrogen and oxygen atoms in total. The second kappa shape index (κ2) is 6.08. The minimum atomic E-state index is -0.230. The summed E-state index contributed by atoms with van der Waals surface area (Å²) in [4.78, 5) is 0. The second-order valence-electron chi connectivity index (χ2n) is 3.30. The Balaban J connectivity index is 2.77. The summed E-state index contributed by atoms with van der Waals surface area (Å²) >= 11 is 3.18.